The minimum atomic E-state index is -0.407. The number of hydrogen-bond donors (Lipinski definition) is 2. The molecule has 116 valence electrons. The van der Waals surface area contributed by atoms with E-state index in [4.69, 9.17) is 10.6 Å². The molecule has 1 saturated heterocycles. The van der Waals surface area contributed by atoms with Crippen LogP contribution < -0.4 is 11.3 Å². The van der Waals surface area contributed by atoms with Crippen molar-refractivity contribution in [1.82, 2.24) is 15.3 Å². The van der Waals surface area contributed by atoms with Crippen molar-refractivity contribution in [3.63, 3.8) is 0 Å². The SMILES string of the molecule is CCN(Cc1cccc(C)n1)CC1CCC(C(=O)NN)O1. The molecule has 1 aromatic heterocycles. The number of aryl methyl sites for hydroxylation is 1. The van der Waals surface area contributed by atoms with Crippen molar-refractivity contribution < 1.29 is 9.53 Å². The molecule has 0 bridgehead atoms. The smallest absolute Gasteiger partial charge is 0.263 e. The van der Waals surface area contributed by atoms with Gasteiger partial charge in [-0.05, 0) is 38.4 Å². The summed E-state index contributed by atoms with van der Waals surface area (Å²) >= 11 is 0. The first-order valence-electron chi connectivity index (χ1n) is 7.43. The lowest BCUT2D eigenvalue weighted by molar-refractivity contribution is -0.132. The highest BCUT2D eigenvalue weighted by atomic mass is 16.5. The van der Waals surface area contributed by atoms with Crippen LogP contribution in [0.1, 0.15) is 31.2 Å². The van der Waals surface area contributed by atoms with Crippen LogP contribution in [0.3, 0.4) is 0 Å². The van der Waals surface area contributed by atoms with Crippen LogP contribution in [0, 0.1) is 6.92 Å². The van der Waals surface area contributed by atoms with Gasteiger partial charge in [0.15, 0.2) is 0 Å². The average molecular weight is 292 g/mol. The normalized spacial score (nSPS) is 21.7. The Morgan fingerprint density at radius 2 is 2.33 bits per heavy atom. The van der Waals surface area contributed by atoms with Crippen molar-refractivity contribution in [2.75, 3.05) is 13.1 Å². The number of hydrogen-bond acceptors (Lipinski definition) is 5. The minimum Gasteiger partial charge on any atom is -0.364 e. The van der Waals surface area contributed by atoms with Crippen molar-refractivity contribution in [3.8, 4) is 0 Å². The Balaban J connectivity index is 1.87. The first-order valence-corrected chi connectivity index (χ1v) is 7.43. The van der Waals surface area contributed by atoms with Gasteiger partial charge in [-0.2, -0.15) is 0 Å². The van der Waals surface area contributed by atoms with Crippen LogP contribution in [0.5, 0.6) is 0 Å². The summed E-state index contributed by atoms with van der Waals surface area (Å²) in [4.78, 5) is 18.3. The number of pyridine rings is 1. The van der Waals surface area contributed by atoms with E-state index in [1.54, 1.807) is 0 Å². The van der Waals surface area contributed by atoms with Gasteiger partial charge in [0.05, 0.1) is 11.8 Å². The molecule has 2 atom stereocenters. The summed E-state index contributed by atoms with van der Waals surface area (Å²) in [5, 5.41) is 0. The van der Waals surface area contributed by atoms with Gasteiger partial charge in [0.2, 0.25) is 0 Å². The van der Waals surface area contributed by atoms with Crippen molar-refractivity contribution in [2.45, 2.75) is 45.4 Å². The molecule has 0 radical (unpaired) electrons. The number of aromatic nitrogens is 1. The van der Waals surface area contributed by atoms with Gasteiger partial charge < -0.3 is 4.74 Å². The van der Waals surface area contributed by atoms with Crippen molar-refractivity contribution in [3.05, 3.63) is 29.6 Å². The Bertz CT molecular complexity index is 480. The topological polar surface area (TPSA) is 80.5 Å². The van der Waals surface area contributed by atoms with Gasteiger partial charge in [0, 0.05) is 18.8 Å². The number of ether oxygens (including phenoxy) is 1. The summed E-state index contributed by atoms with van der Waals surface area (Å²) in [6, 6.07) is 6.06. The summed E-state index contributed by atoms with van der Waals surface area (Å²) in [6.45, 7) is 6.64. The third kappa shape index (κ3) is 4.49. The highest BCUT2D eigenvalue weighted by molar-refractivity contribution is 5.80. The van der Waals surface area contributed by atoms with E-state index in [-0.39, 0.29) is 12.0 Å². The number of nitrogens with zero attached hydrogens (tertiary/aromatic N) is 2. The maximum atomic E-state index is 11.5. The minimum absolute atomic E-state index is 0.0806. The van der Waals surface area contributed by atoms with E-state index >= 15 is 0 Å². The molecular weight excluding hydrogens is 268 g/mol. The number of hydrazine groups is 1. The van der Waals surface area contributed by atoms with Crippen LogP contribution >= 0.6 is 0 Å². The molecule has 1 aliphatic rings. The van der Waals surface area contributed by atoms with Crippen molar-refractivity contribution in [2.24, 2.45) is 5.84 Å². The Labute approximate surface area is 125 Å². The van der Waals surface area contributed by atoms with Crippen LogP contribution in [0.25, 0.3) is 0 Å². The first kappa shape index (κ1) is 15.9. The van der Waals surface area contributed by atoms with E-state index in [1.165, 1.54) is 0 Å². The van der Waals surface area contributed by atoms with Crippen LogP contribution in [0.4, 0.5) is 0 Å². The molecule has 0 spiro atoms. The van der Waals surface area contributed by atoms with Gasteiger partial charge in [-0.15, -0.1) is 0 Å². The highest BCUT2D eigenvalue weighted by Gasteiger charge is 2.31. The van der Waals surface area contributed by atoms with Crippen LogP contribution in [-0.4, -0.2) is 41.1 Å². The zero-order chi connectivity index (χ0) is 15.2. The summed E-state index contributed by atoms with van der Waals surface area (Å²) in [6.07, 6.45) is 1.29. The molecule has 1 amide bonds. The number of amides is 1. The highest BCUT2D eigenvalue weighted by Crippen LogP contribution is 2.21. The average Bonchev–Trinajstić information content (AvgIpc) is 2.94. The molecule has 3 N–H and O–H groups in total. The maximum Gasteiger partial charge on any atom is 0.263 e. The lowest BCUT2D eigenvalue weighted by atomic mass is 10.2. The Kier molecular flexibility index (Phi) is 5.67. The molecule has 1 aromatic rings. The molecular formula is C15H24N4O2. The van der Waals surface area contributed by atoms with E-state index in [0.29, 0.717) is 0 Å². The van der Waals surface area contributed by atoms with E-state index in [2.05, 4.69) is 22.2 Å². The number of nitrogens with one attached hydrogen (secondary N) is 1. The van der Waals surface area contributed by atoms with Crippen molar-refractivity contribution >= 4 is 5.91 Å². The van der Waals surface area contributed by atoms with Gasteiger partial charge >= 0.3 is 0 Å². The molecule has 2 unspecified atom stereocenters. The van der Waals surface area contributed by atoms with Crippen LogP contribution in [0.2, 0.25) is 0 Å². The maximum absolute atomic E-state index is 11.5. The molecule has 0 aromatic carbocycles. The second-order valence-corrected chi connectivity index (χ2v) is 5.43. The lowest BCUT2D eigenvalue weighted by Crippen LogP contribution is -2.40. The predicted molar refractivity (Wildman–Crippen MR) is 80.2 cm³/mol. The van der Waals surface area contributed by atoms with Gasteiger partial charge in [0.1, 0.15) is 6.10 Å². The fourth-order valence-corrected chi connectivity index (χ4v) is 2.64. The zero-order valence-corrected chi connectivity index (χ0v) is 12.7. The molecule has 21 heavy (non-hydrogen) atoms. The second kappa shape index (κ2) is 7.49. The number of nitrogens with two attached hydrogens (primary N) is 1. The molecule has 0 aliphatic carbocycles. The van der Waals surface area contributed by atoms with Crippen LogP contribution in [0.15, 0.2) is 18.2 Å². The molecule has 6 nitrogen and oxygen atoms in total. The third-order valence-electron chi connectivity index (χ3n) is 3.78. The van der Waals surface area contributed by atoms with E-state index in [9.17, 15) is 4.79 Å². The van der Waals surface area contributed by atoms with E-state index in [1.807, 2.05) is 25.1 Å². The third-order valence-corrected chi connectivity index (χ3v) is 3.78. The molecule has 1 fully saturated rings. The summed E-state index contributed by atoms with van der Waals surface area (Å²) in [5.41, 5.74) is 4.24. The first-order chi connectivity index (χ1) is 10.1. The lowest BCUT2D eigenvalue weighted by Gasteiger charge is -2.23. The zero-order valence-electron chi connectivity index (χ0n) is 12.7. The Morgan fingerprint density at radius 1 is 1.52 bits per heavy atom. The largest absolute Gasteiger partial charge is 0.364 e. The fraction of sp³-hybridized carbons (Fsp3) is 0.600. The van der Waals surface area contributed by atoms with Gasteiger partial charge in [-0.1, -0.05) is 13.0 Å². The molecule has 0 saturated carbocycles. The quantitative estimate of drug-likeness (QED) is 0.459. The molecule has 2 heterocycles. The molecule has 1 aliphatic heterocycles. The molecule has 2 rings (SSSR count). The summed E-state index contributed by atoms with van der Waals surface area (Å²) < 4.78 is 5.75. The number of rotatable bonds is 6. The van der Waals surface area contributed by atoms with Gasteiger partial charge in [-0.3, -0.25) is 20.1 Å². The van der Waals surface area contributed by atoms with Crippen LogP contribution in [-0.2, 0) is 16.1 Å². The predicted octanol–water partition coefficient (Wildman–Crippen LogP) is 0.749. The van der Waals surface area contributed by atoms with E-state index < -0.39 is 6.10 Å². The van der Waals surface area contributed by atoms with Crippen molar-refractivity contribution in [1.29, 1.82) is 0 Å². The molecule has 6 heteroatoms. The Morgan fingerprint density at radius 3 is 3.00 bits per heavy atom. The van der Waals surface area contributed by atoms with Gasteiger partial charge in [-0.25, -0.2) is 5.84 Å². The summed E-state index contributed by atoms with van der Waals surface area (Å²) in [5.74, 6) is 4.91. The number of carbonyl (C=O) groups excluding carboxylic acids is 1. The van der Waals surface area contributed by atoms with Gasteiger partial charge in [0.25, 0.3) is 5.91 Å². The monoisotopic (exact) mass is 292 g/mol. The fourth-order valence-electron chi connectivity index (χ4n) is 2.64. The Hall–Kier alpha value is -1.50. The second-order valence-electron chi connectivity index (χ2n) is 5.43. The van der Waals surface area contributed by atoms with E-state index in [0.717, 1.165) is 43.9 Å². The number of likely N-dealkylation sites (N-methyl/N-ethyl adjacent to an activating group) is 1. The summed E-state index contributed by atoms with van der Waals surface area (Å²) in [7, 11) is 0. The standard InChI is InChI=1S/C15H24N4O2/c1-3-19(9-12-6-4-5-11(2)17-12)10-13-7-8-14(21-13)15(20)18-16/h4-6,13-14H,3,7-10,16H2,1-2H3,(H,18,20). The number of carbonyl (C=O) groups is 1.